The van der Waals surface area contributed by atoms with Crippen molar-refractivity contribution in [3.8, 4) is 11.5 Å². The third kappa shape index (κ3) is 2.73. The topological polar surface area (TPSA) is 61.8 Å². The Morgan fingerprint density at radius 2 is 2.14 bits per heavy atom. The molecule has 0 fully saturated rings. The molecule has 0 saturated carbocycles. The van der Waals surface area contributed by atoms with Gasteiger partial charge in [0, 0.05) is 13.0 Å². The predicted molar refractivity (Wildman–Crippen MR) is 76.7 cm³/mol. The second kappa shape index (κ2) is 5.76. The molecule has 1 aromatic carbocycles. The number of benzene rings is 1. The summed E-state index contributed by atoms with van der Waals surface area (Å²) < 4.78 is 16.0. The highest BCUT2D eigenvalue weighted by molar-refractivity contribution is 6.04. The van der Waals surface area contributed by atoms with E-state index in [0.717, 1.165) is 0 Å². The Bertz CT molecular complexity index is 564. The molecule has 0 bridgehead atoms. The number of esters is 1. The lowest BCUT2D eigenvalue weighted by molar-refractivity contribution is -0.145. The summed E-state index contributed by atoms with van der Waals surface area (Å²) in [6.45, 7) is 5.42. The minimum absolute atomic E-state index is 0.0143. The molecule has 0 aliphatic carbocycles. The van der Waals surface area contributed by atoms with Crippen molar-refractivity contribution in [3.05, 3.63) is 23.8 Å². The van der Waals surface area contributed by atoms with E-state index >= 15 is 0 Å². The number of carbonyl (C=O) groups is 2. The third-order valence-electron chi connectivity index (χ3n) is 4.01. The molecule has 5 heteroatoms. The molecule has 0 saturated heterocycles. The smallest absolute Gasteiger partial charge is 0.302 e. The Morgan fingerprint density at radius 1 is 1.43 bits per heavy atom. The van der Waals surface area contributed by atoms with Crippen molar-refractivity contribution in [2.45, 2.75) is 20.8 Å². The Labute approximate surface area is 124 Å². The monoisotopic (exact) mass is 292 g/mol. The van der Waals surface area contributed by atoms with Crippen LogP contribution in [0.1, 0.15) is 31.1 Å². The quantitative estimate of drug-likeness (QED) is 0.798. The van der Waals surface area contributed by atoms with E-state index in [1.165, 1.54) is 6.92 Å². The largest absolute Gasteiger partial charge is 0.497 e. The van der Waals surface area contributed by atoms with Gasteiger partial charge in [0.05, 0.1) is 12.7 Å². The van der Waals surface area contributed by atoms with Crippen LogP contribution in [0.4, 0.5) is 0 Å². The van der Waals surface area contributed by atoms with Crippen LogP contribution in [0.3, 0.4) is 0 Å². The molecule has 0 amide bonds. The van der Waals surface area contributed by atoms with Crippen LogP contribution in [0.2, 0.25) is 0 Å². The molecular weight excluding hydrogens is 272 g/mol. The summed E-state index contributed by atoms with van der Waals surface area (Å²) in [6, 6.07) is 5.12. The Morgan fingerprint density at radius 3 is 2.71 bits per heavy atom. The molecule has 5 nitrogen and oxygen atoms in total. The van der Waals surface area contributed by atoms with Crippen molar-refractivity contribution >= 4 is 11.8 Å². The van der Waals surface area contributed by atoms with Crippen LogP contribution in [0.25, 0.3) is 0 Å². The van der Waals surface area contributed by atoms with Crippen LogP contribution in [0.5, 0.6) is 11.5 Å². The normalized spacial score (nSPS) is 20.7. The lowest BCUT2D eigenvalue weighted by Gasteiger charge is -2.38. The van der Waals surface area contributed by atoms with E-state index in [1.807, 2.05) is 13.8 Å². The standard InChI is InChI=1S/C16H20O5/c1-10(2)16(8-20-11(3)17)9-21-14-7-12(19-4)5-6-13(14)15(16)18/h5-7,10H,8-9H2,1-4H3/t16-/m1/s1. The second-order valence-electron chi connectivity index (χ2n) is 5.57. The van der Waals surface area contributed by atoms with E-state index in [2.05, 4.69) is 0 Å². The van der Waals surface area contributed by atoms with Crippen LogP contribution in [-0.4, -0.2) is 32.1 Å². The predicted octanol–water partition coefficient (Wildman–Crippen LogP) is 2.48. The average molecular weight is 292 g/mol. The lowest BCUT2D eigenvalue weighted by atomic mass is 9.71. The molecule has 1 atom stereocenters. The Kier molecular flexibility index (Phi) is 4.21. The molecule has 1 aliphatic heterocycles. The number of ketones is 1. The van der Waals surface area contributed by atoms with Gasteiger partial charge in [-0.25, -0.2) is 0 Å². The molecule has 1 aromatic rings. The molecule has 1 heterocycles. The van der Waals surface area contributed by atoms with Gasteiger partial charge in [0.2, 0.25) is 0 Å². The summed E-state index contributed by atoms with van der Waals surface area (Å²) in [5.74, 6) is 0.683. The first kappa shape index (κ1) is 15.4. The first-order valence-corrected chi connectivity index (χ1v) is 6.89. The van der Waals surface area contributed by atoms with Crippen LogP contribution >= 0.6 is 0 Å². The van der Waals surface area contributed by atoms with Gasteiger partial charge in [-0.1, -0.05) is 13.8 Å². The summed E-state index contributed by atoms with van der Waals surface area (Å²) in [5, 5.41) is 0. The highest BCUT2D eigenvalue weighted by atomic mass is 16.5. The minimum Gasteiger partial charge on any atom is -0.497 e. The zero-order chi connectivity index (χ0) is 15.6. The number of fused-ring (bicyclic) bond motifs is 1. The fourth-order valence-electron chi connectivity index (χ4n) is 2.41. The van der Waals surface area contributed by atoms with Gasteiger partial charge in [0.15, 0.2) is 5.78 Å². The van der Waals surface area contributed by atoms with Crippen molar-refractivity contribution in [3.63, 3.8) is 0 Å². The van der Waals surface area contributed by atoms with Crippen molar-refractivity contribution in [2.24, 2.45) is 11.3 Å². The van der Waals surface area contributed by atoms with Gasteiger partial charge in [-0.2, -0.15) is 0 Å². The van der Waals surface area contributed by atoms with Crippen LogP contribution < -0.4 is 9.47 Å². The Hall–Kier alpha value is -2.04. The number of rotatable bonds is 4. The molecule has 21 heavy (non-hydrogen) atoms. The van der Waals surface area contributed by atoms with Gasteiger partial charge >= 0.3 is 5.97 Å². The molecule has 2 rings (SSSR count). The number of Topliss-reactive ketones (excluding diaryl/α,β-unsaturated/α-hetero) is 1. The van der Waals surface area contributed by atoms with Crippen LogP contribution in [-0.2, 0) is 9.53 Å². The molecule has 114 valence electrons. The number of hydrogen-bond acceptors (Lipinski definition) is 5. The second-order valence-corrected chi connectivity index (χ2v) is 5.57. The van der Waals surface area contributed by atoms with Crippen molar-refractivity contribution < 1.29 is 23.8 Å². The van der Waals surface area contributed by atoms with Gasteiger partial charge in [0.1, 0.15) is 30.1 Å². The number of hydrogen-bond donors (Lipinski definition) is 0. The molecular formula is C16H20O5. The highest BCUT2D eigenvalue weighted by Gasteiger charge is 2.47. The van der Waals surface area contributed by atoms with Crippen molar-refractivity contribution in [1.82, 2.24) is 0 Å². The van der Waals surface area contributed by atoms with Gasteiger partial charge in [-0.15, -0.1) is 0 Å². The fourth-order valence-corrected chi connectivity index (χ4v) is 2.41. The van der Waals surface area contributed by atoms with Crippen LogP contribution in [0, 0.1) is 11.3 Å². The van der Waals surface area contributed by atoms with E-state index in [4.69, 9.17) is 14.2 Å². The fraction of sp³-hybridized carbons (Fsp3) is 0.500. The molecule has 0 unspecified atom stereocenters. The average Bonchev–Trinajstić information content (AvgIpc) is 2.46. The zero-order valence-electron chi connectivity index (χ0n) is 12.8. The first-order valence-electron chi connectivity index (χ1n) is 6.89. The summed E-state index contributed by atoms with van der Waals surface area (Å²) in [5.41, 5.74) is -0.337. The summed E-state index contributed by atoms with van der Waals surface area (Å²) in [7, 11) is 1.56. The maximum Gasteiger partial charge on any atom is 0.302 e. The minimum atomic E-state index is -0.840. The maximum atomic E-state index is 12.9. The van der Waals surface area contributed by atoms with Crippen LogP contribution in [0.15, 0.2) is 18.2 Å². The van der Waals surface area contributed by atoms with Crippen molar-refractivity contribution in [2.75, 3.05) is 20.3 Å². The molecule has 1 aliphatic rings. The SMILES string of the molecule is COc1ccc2c(c1)OC[C@](COC(C)=O)(C(C)C)C2=O. The van der Waals surface area contributed by atoms with Gasteiger partial charge < -0.3 is 14.2 Å². The van der Waals surface area contributed by atoms with Crippen molar-refractivity contribution in [1.29, 1.82) is 0 Å². The van der Waals surface area contributed by atoms with E-state index in [-0.39, 0.29) is 24.9 Å². The van der Waals surface area contributed by atoms with E-state index in [1.54, 1.807) is 25.3 Å². The maximum absolute atomic E-state index is 12.9. The van der Waals surface area contributed by atoms with Gasteiger partial charge in [-0.3, -0.25) is 9.59 Å². The lowest BCUT2D eigenvalue weighted by Crippen LogP contribution is -2.48. The number of ether oxygens (including phenoxy) is 3. The summed E-state index contributed by atoms with van der Waals surface area (Å²) in [6.07, 6.45) is 0. The van der Waals surface area contributed by atoms with Gasteiger partial charge in [-0.05, 0) is 18.1 Å². The summed E-state index contributed by atoms with van der Waals surface area (Å²) in [4.78, 5) is 24.0. The molecule has 0 aromatic heterocycles. The Balaban J connectivity index is 2.37. The molecule has 0 N–H and O–H groups in total. The molecule has 0 spiro atoms. The van der Waals surface area contributed by atoms with E-state index < -0.39 is 11.4 Å². The summed E-state index contributed by atoms with van der Waals surface area (Å²) >= 11 is 0. The van der Waals surface area contributed by atoms with E-state index in [0.29, 0.717) is 17.1 Å². The zero-order valence-corrected chi connectivity index (χ0v) is 12.8. The highest BCUT2D eigenvalue weighted by Crippen LogP contribution is 2.41. The number of carbonyl (C=O) groups excluding carboxylic acids is 2. The number of methoxy groups -OCH3 is 1. The third-order valence-corrected chi connectivity index (χ3v) is 4.01. The van der Waals surface area contributed by atoms with Gasteiger partial charge in [0.25, 0.3) is 0 Å². The first-order chi connectivity index (χ1) is 9.90. The van der Waals surface area contributed by atoms with E-state index in [9.17, 15) is 9.59 Å². The molecule has 0 radical (unpaired) electrons.